The molecule has 1 heterocycles. The van der Waals surface area contributed by atoms with Crippen molar-refractivity contribution in [2.75, 3.05) is 25.1 Å². The standard InChI is InChI=1S/C10H20N4O2/c1-3-6-15-7-4-5-12-10-14-13-9(16-10)8(2)11/h8H,3-7,11H2,1-2H3,(H,12,14). The number of hydrogen-bond acceptors (Lipinski definition) is 6. The van der Waals surface area contributed by atoms with Gasteiger partial charge in [0.1, 0.15) is 0 Å². The van der Waals surface area contributed by atoms with Gasteiger partial charge in [0.05, 0.1) is 6.04 Å². The fourth-order valence-corrected chi connectivity index (χ4v) is 1.11. The summed E-state index contributed by atoms with van der Waals surface area (Å²) in [7, 11) is 0. The zero-order valence-electron chi connectivity index (χ0n) is 9.90. The highest BCUT2D eigenvalue weighted by Gasteiger charge is 2.08. The summed E-state index contributed by atoms with van der Waals surface area (Å²) in [6.07, 6.45) is 1.96. The Balaban J connectivity index is 2.12. The van der Waals surface area contributed by atoms with Gasteiger partial charge in [-0.3, -0.25) is 0 Å². The maximum atomic E-state index is 5.59. The molecule has 0 bridgehead atoms. The third-order valence-corrected chi connectivity index (χ3v) is 1.92. The molecule has 0 aliphatic heterocycles. The number of hydrogen-bond donors (Lipinski definition) is 2. The van der Waals surface area contributed by atoms with Gasteiger partial charge in [-0.25, -0.2) is 0 Å². The highest BCUT2D eigenvalue weighted by atomic mass is 16.5. The van der Waals surface area contributed by atoms with Crippen LogP contribution in [0.2, 0.25) is 0 Å². The lowest BCUT2D eigenvalue weighted by Crippen LogP contribution is -2.06. The minimum atomic E-state index is -0.226. The molecular formula is C10H20N4O2. The van der Waals surface area contributed by atoms with Crippen LogP contribution in [0.3, 0.4) is 0 Å². The molecule has 0 saturated carbocycles. The molecule has 6 heteroatoms. The lowest BCUT2D eigenvalue weighted by molar-refractivity contribution is 0.134. The molecule has 0 fully saturated rings. The van der Waals surface area contributed by atoms with Gasteiger partial charge in [0.15, 0.2) is 0 Å². The number of anilines is 1. The zero-order valence-corrected chi connectivity index (χ0v) is 9.90. The monoisotopic (exact) mass is 228 g/mol. The molecule has 0 aliphatic rings. The second-order valence-corrected chi connectivity index (χ2v) is 3.63. The Morgan fingerprint density at radius 2 is 2.25 bits per heavy atom. The molecule has 0 radical (unpaired) electrons. The molecule has 0 spiro atoms. The van der Waals surface area contributed by atoms with Crippen LogP contribution in [0.5, 0.6) is 0 Å². The summed E-state index contributed by atoms with van der Waals surface area (Å²) < 4.78 is 10.6. The molecule has 0 amide bonds. The molecule has 16 heavy (non-hydrogen) atoms. The van der Waals surface area contributed by atoms with E-state index in [1.54, 1.807) is 6.92 Å². The summed E-state index contributed by atoms with van der Waals surface area (Å²) in [6.45, 7) is 6.21. The summed E-state index contributed by atoms with van der Waals surface area (Å²) in [6, 6.07) is 0.193. The minimum absolute atomic E-state index is 0.226. The lowest BCUT2D eigenvalue weighted by Gasteiger charge is -2.02. The minimum Gasteiger partial charge on any atom is -0.406 e. The van der Waals surface area contributed by atoms with E-state index in [-0.39, 0.29) is 6.04 Å². The summed E-state index contributed by atoms with van der Waals surface area (Å²) in [5, 5.41) is 10.7. The van der Waals surface area contributed by atoms with Crippen LogP contribution in [-0.4, -0.2) is 30.0 Å². The van der Waals surface area contributed by atoms with E-state index in [0.717, 1.165) is 32.6 Å². The van der Waals surface area contributed by atoms with Crippen molar-refractivity contribution in [2.24, 2.45) is 5.73 Å². The lowest BCUT2D eigenvalue weighted by atomic mass is 10.4. The number of aromatic nitrogens is 2. The topological polar surface area (TPSA) is 86.2 Å². The predicted molar refractivity (Wildman–Crippen MR) is 61.1 cm³/mol. The van der Waals surface area contributed by atoms with Crippen molar-refractivity contribution >= 4 is 6.01 Å². The summed E-state index contributed by atoms with van der Waals surface area (Å²) in [4.78, 5) is 0. The second-order valence-electron chi connectivity index (χ2n) is 3.63. The van der Waals surface area contributed by atoms with Crippen LogP contribution in [0.4, 0.5) is 6.01 Å². The van der Waals surface area contributed by atoms with Gasteiger partial charge in [-0.15, -0.1) is 5.10 Å². The highest BCUT2D eigenvalue weighted by Crippen LogP contribution is 2.10. The molecule has 1 unspecified atom stereocenters. The van der Waals surface area contributed by atoms with Crippen LogP contribution >= 0.6 is 0 Å². The fourth-order valence-electron chi connectivity index (χ4n) is 1.11. The van der Waals surface area contributed by atoms with Crippen molar-refractivity contribution in [3.8, 4) is 0 Å². The van der Waals surface area contributed by atoms with Crippen molar-refractivity contribution in [2.45, 2.75) is 32.7 Å². The Hall–Kier alpha value is -1.14. The van der Waals surface area contributed by atoms with E-state index in [0.29, 0.717) is 11.9 Å². The van der Waals surface area contributed by atoms with Crippen molar-refractivity contribution in [1.29, 1.82) is 0 Å². The van der Waals surface area contributed by atoms with Crippen LogP contribution in [0.25, 0.3) is 0 Å². The Bertz CT molecular complexity index is 288. The van der Waals surface area contributed by atoms with Gasteiger partial charge in [0.2, 0.25) is 5.89 Å². The first-order valence-electron chi connectivity index (χ1n) is 5.64. The second kappa shape index (κ2) is 7.19. The number of nitrogens with two attached hydrogens (primary N) is 1. The van der Waals surface area contributed by atoms with Crippen molar-refractivity contribution in [1.82, 2.24) is 10.2 Å². The van der Waals surface area contributed by atoms with Crippen molar-refractivity contribution < 1.29 is 9.15 Å². The van der Waals surface area contributed by atoms with Crippen LogP contribution in [0, 0.1) is 0 Å². The molecular weight excluding hydrogens is 208 g/mol. The molecule has 1 rings (SSSR count). The Labute approximate surface area is 95.6 Å². The fraction of sp³-hybridized carbons (Fsp3) is 0.800. The van der Waals surface area contributed by atoms with Gasteiger partial charge in [-0.05, 0) is 19.8 Å². The van der Waals surface area contributed by atoms with Gasteiger partial charge < -0.3 is 20.2 Å². The normalized spacial score (nSPS) is 12.7. The van der Waals surface area contributed by atoms with E-state index >= 15 is 0 Å². The number of rotatable bonds is 8. The van der Waals surface area contributed by atoms with Crippen molar-refractivity contribution in [3.05, 3.63) is 5.89 Å². The molecule has 0 saturated heterocycles. The molecule has 1 aromatic heterocycles. The van der Waals surface area contributed by atoms with Gasteiger partial charge in [-0.1, -0.05) is 12.0 Å². The van der Waals surface area contributed by atoms with E-state index in [4.69, 9.17) is 14.9 Å². The Kier molecular flexibility index (Phi) is 5.81. The first-order chi connectivity index (χ1) is 7.74. The molecule has 6 nitrogen and oxygen atoms in total. The van der Waals surface area contributed by atoms with Crippen molar-refractivity contribution in [3.63, 3.8) is 0 Å². The number of nitrogens with one attached hydrogen (secondary N) is 1. The predicted octanol–water partition coefficient (Wildman–Crippen LogP) is 1.32. The quantitative estimate of drug-likeness (QED) is 0.652. The highest BCUT2D eigenvalue weighted by molar-refractivity contribution is 5.16. The first-order valence-corrected chi connectivity index (χ1v) is 5.64. The maximum absolute atomic E-state index is 5.59. The third kappa shape index (κ3) is 4.59. The van der Waals surface area contributed by atoms with Crippen LogP contribution in [-0.2, 0) is 4.74 Å². The molecule has 92 valence electrons. The molecule has 0 aromatic carbocycles. The van der Waals surface area contributed by atoms with Gasteiger partial charge >= 0.3 is 6.01 Å². The summed E-state index contributed by atoms with van der Waals surface area (Å²) >= 11 is 0. The van der Waals surface area contributed by atoms with E-state index in [9.17, 15) is 0 Å². The molecule has 1 aromatic rings. The summed E-state index contributed by atoms with van der Waals surface area (Å²) in [5.74, 6) is 0.449. The van der Waals surface area contributed by atoms with Gasteiger partial charge in [0.25, 0.3) is 0 Å². The number of nitrogens with zero attached hydrogens (tertiary/aromatic N) is 2. The van der Waals surface area contributed by atoms with Crippen LogP contribution in [0.15, 0.2) is 4.42 Å². The van der Waals surface area contributed by atoms with Crippen LogP contribution in [0.1, 0.15) is 38.6 Å². The molecule has 0 aliphatic carbocycles. The van der Waals surface area contributed by atoms with E-state index in [1.807, 2.05) is 0 Å². The first kappa shape index (κ1) is 12.9. The molecule has 1 atom stereocenters. The average molecular weight is 228 g/mol. The zero-order chi connectivity index (χ0) is 11.8. The molecule has 3 N–H and O–H groups in total. The smallest absolute Gasteiger partial charge is 0.315 e. The number of ether oxygens (including phenoxy) is 1. The largest absolute Gasteiger partial charge is 0.406 e. The van der Waals surface area contributed by atoms with E-state index < -0.39 is 0 Å². The summed E-state index contributed by atoms with van der Waals surface area (Å²) in [5.41, 5.74) is 5.59. The maximum Gasteiger partial charge on any atom is 0.315 e. The SMILES string of the molecule is CCCOCCCNc1nnc(C(C)N)o1. The Morgan fingerprint density at radius 1 is 1.44 bits per heavy atom. The third-order valence-electron chi connectivity index (χ3n) is 1.92. The van der Waals surface area contributed by atoms with Crippen LogP contribution < -0.4 is 11.1 Å². The van der Waals surface area contributed by atoms with Gasteiger partial charge in [-0.2, -0.15) is 0 Å². The van der Waals surface area contributed by atoms with Gasteiger partial charge in [0, 0.05) is 19.8 Å². The average Bonchev–Trinajstić information content (AvgIpc) is 2.72. The van der Waals surface area contributed by atoms with E-state index in [2.05, 4.69) is 22.4 Å². The van der Waals surface area contributed by atoms with E-state index in [1.165, 1.54) is 0 Å². The Morgan fingerprint density at radius 3 is 2.88 bits per heavy atom.